The molecule has 2 aliphatic heterocycles. The molecule has 2 aromatic rings. The first kappa shape index (κ1) is 23.5. The van der Waals surface area contributed by atoms with Gasteiger partial charge in [-0.3, -0.25) is 5.10 Å². The molecule has 2 aliphatic carbocycles. The van der Waals surface area contributed by atoms with Crippen molar-refractivity contribution in [2.45, 2.75) is 113 Å². The summed E-state index contributed by atoms with van der Waals surface area (Å²) in [7, 11) is 0. The predicted octanol–water partition coefficient (Wildman–Crippen LogP) is 4.33. The van der Waals surface area contributed by atoms with E-state index >= 15 is 0 Å². The molecule has 10 heteroatoms. The Balaban J connectivity index is 0.944. The van der Waals surface area contributed by atoms with Gasteiger partial charge in [0.25, 0.3) is 0 Å². The summed E-state index contributed by atoms with van der Waals surface area (Å²) in [6, 6.07) is 4.67. The Morgan fingerprint density at radius 2 is 1.61 bits per heavy atom. The van der Waals surface area contributed by atoms with Gasteiger partial charge >= 0.3 is 6.03 Å². The monoisotopic (exact) mass is 494 g/mol. The third-order valence-electron chi connectivity index (χ3n) is 8.33. The van der Waals surface area contributed by atoms with Crippen LogP contribution in [0.3, 0.4) is 0 Å². The van der Waals surface area contributed by atoms with Crippen LogP contribution in [0.5, 0.6) is 0 Å². The van der Waals surface area contributed by atoms with Crippen LogP contribution in [0.4, 0.5) is 22.4 Å². The van der Waals surface area contributed by atoms with E-state index in [1.165, 1.54) is 31.4 Å². The number of urea groups is 1. The Labute approximate surface area is 212 Å². The number of hydrogen-bond donors (Lipinski definition) is 5. The fraction of sp³-hybridized carbons (Fsp3) is 0.692. The molecule has 6 rings (SSSR count). The van der Waals surface area contributed by atoms with E-state index in [4.69, 9.17) is 4.74 Å². The van der Waals surface area contributed by atoms with Crippen LogP contribution in [0, 0.1) is 0 Å². The van der Waals surface area contributed by atoms with Crippen LogP contribution >= 0.6 is 0 Å². The van der Waals surface area contributed by atoms with Crippen LogP contribution in [0.1, 0.15) is 88.7 Å². The lowest BCUT2D eigenvalue weighted by Crippen LogP contribution is -2.50. The largest absolute Gasteiger partial charge is 0.375 e. The van der Waals surface area contributed by atoms with Crippen LogP contribution in [0.25, 0.3) is 0 Å². The lowest BCUT2D eigenvalue weighted by atomic mass is 9.91. The topological polar surface area (TPSA) is 129 Å². The third kappa shape index (κ3) is 5.74. The van der Waals surface area contributed by atoms with Gasteiger partial charge in [-0.25, -0.2) is 9.78 Å². The number of H-pyrrole nitrogens is 1. The molecule has 0 radical (unpaired) electrons. The Morgan fingerprint density at radius 3 is 2.39 bits per heavy atom. The van der Waals surface area contributed by atoms with Crippen molar-refractivity contribution >= 4 is 23.6 Å². The SMILES string of the molecule is O=C(NC1CCC(Nc2nccc(Nc3cc(C4CCCC4)[nH]n3)n2)CC1)NC1CC2CCC(C1)O2. The number of carbonyl (C=O) groups is 1. The maximum atomic E-state index is 12.5. The third-order valence-corrected chi connectivity index (χ3v) is 8.33. The second-order valence-electron chi connectivity index (χ2n) is 11.0. The average Bonchev–Trinajstić information content (AvgIpc) is 3.62. The Hall–Kier alpha value is -2.88. The van der Waals surface area contributed by atoms with Gasteiger partial charge in [0.1, 0.15) is 5.82 Å². The predicted molar refractivity (Wildman–Crippen MR) is 137 cm³/mol. The number of anilines is 3. The summed E-state index contributed by atoms with van der Waals surface area (Å²) in [6.45, 7) is 0. The highest BCUT2D eigenvalue weighted by Gasteiger charge is 2.35. The van der Waals surface area contributed by atoms with E-state index < -0.39 is 0 Å². The quantitative estimate of drug-likeness (QED) is 0.387. The number of amides is 2. The van der Waals surface area contributed by atoms with Crippen molar-refractivity contribution in [3.05, 3.63) is 24.0 Å². The molecule has 194 valence electrons. The van der Waals surface area contributed by atoms with E-state index in [2.05, 4.69) is 47.5 Å². The first-order valence-corrected chi connectivity index (χ1v) is 13.8. The minimum absolute atomic E-state index is 0.0331. The molecule has 2 bridgehead atoms. The van der Waals surface area contributed by atoms with Crippen molar-refractivity contribution < 1.29 is 9.53 Å². The van der Waals surface area contributed by atoms with E-state index in [1.54, 1.807) is 6.20 Å². The fourth-order valence-electron chi connectivity index (χ4n) is 6.43. The summed E-state index contributed by atoms with van der Waals surface area (Å²) >= 11 is 0. The van der Waals surface area contributed by atoms with E-state index in [1.807, 2.05) is 6.07 Å². The van der Waals surface area contributed by atoms with E-state index in [0.717, 1.165) is 63.0 Å². The number of nitrogens with one attached hydrogen (secondary N) is 5. The minimum atomic E-state index is -0.0331. The standard InChI is InChI=1S/C26H38N8O2/c35-26(30-19-13-20-9-10-21(14-19)36-20)29-18-7-5-17(6-8-18)28-25-27-12-11-23(32-25)31-24-15-22(33-34-24)16-3-1-2-4-16/h11-12,15-21H,1-10,13-14H2,(H2,29,30,35)(H3,27,28,31,32,33,34). The van der Waals surface area contributed by atoms with Crippen molar-refractivity contribution in [1.82, 2.24) is 30.8 Å². The summed E-state index contributed by atoms with van der Waals surface area (Å²) in [4.78, 5) is 21.6. The molecule has 4 aliphatic rings. The van der Waals surface area contributed by atoms with Gasteiger partial charge in [-0.05, 0) is 70.3 Å². The summed E-state index contributed by atoms with van der Waals surface area (Å²) in [6.07, 6.45) is 15.5. The number of rotatable bonds is 7. The molecular formula is C26H38N8O2. The van der Waals surface area contributed by atoms with Crippen molar-refractivity contribution in [3.63, 3.8) is 0 Å². The molecule has 0 spiro atoms. The summed E-state index contributed by atoms with van der Waals surface area (Å²) < 4.78 is 5.88. The first-order chi connectivity index (χ1) is 17.7. The average molecular weight is 495 g/mol. The van der Waals surface area contributed by atoms with Gasteiger partial charge in [-0.15, -0.1) is 0 Å². The normalized spacial score (nSPS) is 30.2. The van der Waals surface area contributed by atoms with Crippen molar-refractivity contribution in [3.8, 4) is 0 Å². The first-order valence-electron chi connectivity index (χ1n) is 13.8. The molecule has 4 fully saturated rings. The van der Waals surface area contributed by atoms with Crippen molar-refractivity contribution in [2.75, 3.05) is 10.6 Å². The van der Waals surface area contributed by atoms with E-state index in [-0.39, 0.29) is 18.1 Å². The molecule has 4 heterocycles. The second-order valence-corrected chi connectivity index (χ2v) is 11.0. The molecule has 36 heavy (non-hydrogen) atoms. The number of aromatic amines is 1. The summed E-state index contributed by atoms with van der Waals surface area (Å²) in [5.41, 5.74) is 1.21. The second kappa shape index (κ2) is 10.6. The Bertz CT molecular complexity index is 1020. The van der Waals surface area contributed by atoms with Gasteiger partial charge in [0, 0.05) is 42.0 Å². The molecule has 2 unspecified atom stereocenters. The number of carbonyl (C=O) groups excluding carboxylic acids is 1. The maximum Gasteiger partial charge on any atom is 0.315 e. The van der Waals surface area contributed by atoms with Crippen molar-refractivity contribution in [2.24, 2.45) is 0 Å². The van der Waals surface area contributed by atoms with E-state index in [0.29, 0.717) is 30.1 Å². The minimum Gasteiger partial charge on any atom is -0.375 e. The summed E-state index contributed by atoms with van der Waals surface area (Å²) in [5.74, 6) is 2.74. The zero-order valence-electron chi connectivity index (χ0n) is 20.8. The van der Waals surface area contributed by atoms with Crippen LogP contribution in [0.2, 0.25) is 0 Å². The lowest BCUT2D eigenvalue weighted by molar-refractivity contribution is -0.00668. The molecule has 2 amide bonds. The van der Waals surface area contributed by atoms with Crippen LogP contribution in [-0.4, -0.2) is 56.5 Å². The van der Waals surface area contributed by atoms with E-state index in [9.17, 15) is 4.79 Å². The molecule has 2 atom stereocenters. The van der Waals surface area contributed by atoms with Crippen LogP contribution < -0.4 is 21.3 Å². The molecule has 10 nitrogen and oxygen atoms in total. The lowest BCUT2D eigenvalue weighted by Gasteiger charge is -2.32. The molecule has 2 aromatic heterocycles. The highest BCUT2D eigenvalue weighted by Crippen LogP contribution is 2.34. The highest BCUT2D eigenvalue weighted by molar-refractivity contribution is 5.74. The number of fused-ring (bicyclic) bond motifs is 2. The van der Waals surface area contributed by atoms with Crippen LogP contribution in [0.15, 0.2) is 18.3 Å². The van der Waals surface area contributed by atoms with Gasteiger partial charge < -0.3 is 26.0 Å². The molecule has 5 N–H and O–H groups in total. The van der Waals surface area contributed by atoms with Crippen LogP contribution in [-0.2, 0) is 4.74 Å². The smallest absolute Gasteiger partial charge is 0.315 e. The number of hydrogen-bond acceptors (Lipinski definition) is 7. The molecule has 2 saturated carbocycles. The number of aromatic nitrogens is 4. The van der Waals surface area contributed by atoms with Gasteiger partial charge in [-0.2, -0.15) is 10.1 Å². The number of ether oxygens (including phenoxy) is 1. The zero-order valence-corrected chi connectivity index (χ0v) is 20.8. The maximum absolute atomic E-state index is 12.5. The number of nitrogens with zero attached hydrogens (tertiary/aromatic N) is 3. The fourth-order valence-corrected chi connectivity index (χ4v) is 6.43. The van der Waals surface area contributed by atoms with Gasteiger partial charge in [0.2, 0.25) is 5.95 Å². The van der Waals surface area contributed by atoms with Gasteiger partial charge in [-0.1, -0.05) is 12.8 Å². The highest BCUT2D eigenvalue weighted by atomic mass is 16.5. The Kier molecular flexibility index (Phi) is 6.94. The molecular weight excluding hydrogens is 456 g/mol. The van der Waals surface area contributed by atoms with Gasteiger partial charge in [0.05, 0.1) is 12.2 Å². The summed E-state index contributed by atoms with van der Waals surface area (Å²) in [5, 5.41) is 20.8. The molecule has 0 aromatic carbocycles. The van der Waals surface area contributed by atoms with Crippen molar-refractivity contribution in [1.29, 1.82) is 0 Å². The Morgan fingerprint density at radius 1 is 0.889 bits per heavy atom. The molecule has 2 saturated heterocycles. The zero-order chi connectivity index (χ0) is 24.3. The van der Waals surface area contributed by atoms with Gasteiger partial charge in [0.15, 0.2) is 5.82 Å².